The summed E-state index contributed by atoms with van der Waals surface area (Å²) in [6.07, 6.45) is 4.50. The fourth-order valence-corrected chi connectivity index (χ4v) is 2.95. The van der Waals surface area contributed by atoms with E-state index < -0.39 is 0 Å². The minimum Gasteiger partial charge on any atom is -0.380 e. The SMILES string of the molecule is COC1CN2CCCC2(COC(C)C)C1. The normalized spacial score (nSPS) is 36.4. The molecule has 0 N–H and O–H groups in total. The summed E-state index contributed by atoms with van der Waals surface area (Å²) < 4.78 is 11.3. The van der Waals surface area contributed by atoms with E-state index in [0.29, 0.717) is 17.7 Å². The highest BCUT2D eigenvalue weighted by atomic mass is 16.5. The average molecular weight is 213 g/mol. The molecule has 2 saturated heterocycles. The van der Waals surface area contributed by atoms with Crippen LogP contribution in [0.2, 0.25) is 0 Å². The van der Waals surface area contributed by atoms with Gasteiger partial charge in [0.25, 0.3) is 0 Å². The van der Waals surface area contributed by atoms with E-state index in [4.69, 9.17) is 9.47 Å². The van der Waals surface area contributed by atoms with Crippen LogP contribution in [0, 0.1) is 0 Å². The van der Waals surface area contributed by atoms with Crippen LogP contribution in [-0.2, 0) is 9.47 Å². The van der Waals surface area contributed by atoms with Crippen LogP contribution in [0.3, 0.4) is 0 Å². The number of nitrogens with zero attached hydrogens (tertiary/aromatic N) is 1. The third-order valence-electron chi connectivity index (χ3n) is 3.79. The lowest BCUT2D eigenvalue weighted by molar-refractivity contribution is 0.00185. The van der Waals surface area contributed by atoms with Crippen molar-refractivity contribution in [1.29, 1.82) is 0 Å². The standard InChI is InChI=1S/C12H23NO2/c1-10(2)15-9-12-5-4-6-13(12)8-11(7-12)14-3/h10-11H,4-9H2,1-3H3. The molecule has 0 aliphatic carbocycles. The minimum atomic E-state index is 0.297. The number of ether oxygens (including phenoxy) is 2. The zero-order valence-corrected chi connectivity index (χ0v) is 10.2. The molecule has 2 fully saturated rings. The summed E-state index contributed by atoms with van der Waals surface area (Å²) in [6, 6.07) is 0. The van der Waals surface area contributed by atoms with Crippen molar-refractivity contribution in [2.75, 3.05) is 26.8 Å². The highest BCUT2D eigenvalue weighted by Crippen LogP contribution is 2.40. The molecule has 0 spiro atoms. The predicted octanol–water partition coefficient (Wildman–Crippen LogP) is 1.66. The third-order valence-corrected chi connectivity index (χ3v) is 3.79. The summed E-state index contributed by atoms with van der Waals surface area (Å²) in [5, 5.41) is 0. The number of methoxy groups -OCH3 is 1. The summed E-state index contributed by atoms with van der Waals surface area (Å²) >= 11 is 0. The molecular formula is C12H23NO2. The maximum atomic E-state index is 5.83. The largest absolute Gasteiger partial charge is 0.380 e. The zero-order chi connectivity index (χ0) is 10.9. The van der Waals surface area contributed by atoms with Crippen molar-refractivity contribution in [2.24, 2.45) is 0 Å². The van der Waals surface area contributed by atoms with Gasteiger partial charge in [0, 0.05) is 19.2 Å². The summed E-state index contributed by atoms with van der Waals surface area (Å²) in [6.45, 7) is 7.42. The third kappa shape index (κ3) is 2.19. The Bertz CT molecular complexity index is 220. The van der Waals surface area contributed by atoms with Crippen LogP contribution in [0.1, 0.15) is 33.1 Å². The molecule has 88 valence electrons. The van der Waals surface area contributed by atoms with Crippen molar-refractivity contribution in [3.63, 3.8) is 0 Å². The van der Waals surface area contributed by atoms with Gasteiger partial charge in [-0.3, -0.25) is 4.90 Å². The molecule has 3 heteroatoms. The van der Waals surface area contributed by atoms with Gasteiger partial charge >= 0.3 is 0 Å². The van der Waals surface area contributed by atoms with E-state index >= 15 is 0 Å². The predicted molar refractivity (Wildman–Crippen MR) is 60.0 cm³/mol. The van der Waals surface area contributed by atoms with Gasteiger partial charge in [-0.2, -0.15) is 0 Å². The number of hydrogen-bond acceptors (Lipinski definition) is 3. The lowest BCUT2D eigenvalue weighted by atomic mass is 9.94. The maximum Gasteiger partial charge on any atom is 0.0716 e. The molecule has 2 aliphatic heterocycles. The molecule has 2 rings (SSSR count). The van der Waals surface area contributed by atoms with Gasteiger partial charge in [-0.1, -0.05) is 0 Å². The van der Waals surface area contributed by atoms with Gasteiger partial charge in [-0.25, -0.2) is 0 Å². The van der Waals surface area contributed by atoms with Crippen LogP contribution in [0.15, 0.2) is 0 Å². The van der Waals surface area contributed by atoms with E-state index in [0.717, 1.165) is 19.6 Å². The van der Waals surface area contributed by atoms with Crippen LogP contribution in [0.4, 0.5) is 0 Å². The number of rotatable bonds is 4. The molecule has 0 radical (unpaired) electrons. The van der Waals surface area contributed by atoms with Gasteiger partial charge in [-0.05, 0) is 39.7 Å². The molecule has 0 amide bonds. The second-order valence-electron chi connectivity index (χ2n) is 5.20. The second kappa shape index (κ2) is 4.40. The van der Waals surface area contributed by atoms with Gasteiger partial charge in [0.15, 0.2) is 0 Å². The van der Waals surface area contributed by atoms with Crippen molar-refractivity contribution in [3.8, 4) is 0 Å². The van der Waals surface area contributed by atoms with Crippen molar-refractivity contribution in [1.82, 2.24) is 4.90 Å². The Balaban J connectivity index is 1.97. The number of fused-ring (bicyclic) bond motifs is 1. The highest BCUT2D eigenvalue weighted by Gasteiger charge is 2.48. The Morgan fingerprint density at radius 1 is 1.47 bits per heavy atom. The molecule has 2 heterocycles. The summed E-state index contributed by atoms with van der Waals surface area (Å²) in [5.74, 6) is 0. The molecular weight excluding hydrogens is 190 g/mol. The molecule has 2 aliphatic rings. The van der Waals surface area contributed by atoms with Crippen LogP contribution in [-0.4, -0.2) is 49.5 Å². The number of hydrogen-bond donors (Lipinski definition) is 0. The Hall–Kier alpha value is -0.120. The lowest BCUT2D eigenvalue weighted by Crippen LogP contribution is -2.43. The van der Waals surface area contributed by atoms with Crippen molar-refractivity contribution in [2.45, 2.75) is 50.9 Å². The molecule has 15 heavy (non-hydrogen) atoms. The lowest BCUT2D eigenvalue weighted by Gasteiger charge is -2.32. The molecule has 3 nitrogen and oxygen atoms in total. The van der Waals surface area contributed by atoms with E-state index in [-0.39, 0.29) is 0 Å². The summed E-state index contributed by atoms with van der Waals surface area (Å²) in [7, 11) is 1.82. The van der Waals surface area contributed by atoms with Crippen molar-refractivity contribution < 1.29 is 9.47 Å². The molecule has 0 bridgehead atoms. The quantitative estimate of drug-likeness (QED) is 0.709. The summed E-state index contributed by atoms with van der Waals surface area (Å²) in [4.78, 5) is 2.57. The van der Waals surface area contributed by atoms with E-state index in [1.807, 2.05) is 7.11 Å². The fraction of sp³-hybridized carbons (Fsp3) is 1.00. The topological polar surface area (TPSA) is 21.7 Å². The van der Waals surface area contributed by atoms with E-state index in [2.05, 4.69) is 18.7 Å². The van der Waals surface area contributed by atoms with Gasteiger partial charge < -0.3 is 9.47 Å². The Labute approximate surface area is 92.7 Å². The monoisotopic (exact) mass is 213 g/mol. The molecule has 2 unspecified atom stereocenters. The van der Waals surface area contributed by atoms with Crippen molar-refractivity contribution >= 4 is 0 Å². The first-order valence-corrected chi connectivity index (χ1v) is 6.06. The Morgan fingerprint density at radius 3 is 2.93 bits per heavy atom. The second-order valence-corrected chi connectivity index (χ2v) is 5.20. The summed E-state index contributed by atoms with van der Waals surface area (Å²) in [5.41, 5.74) is 0.297. The van der Waals surface area contributed by atoms with E-state index in [1.165, 1.54) is 19.4 Å². The first-order chi connectivity index (χ1) is 7.16. The van der Waals surface area contributed by atoms with Gasteiger partial charge in [0.2, 0.25) is 0 Å². The highest BCUT2D eigenvalue weighted by molar-refractivity contribution is 5.03. The van der Waals surface area contributed by atoms with Gasteiger partial charge in [-0.15, -0.1) is 0 Å². The molecule has 0 aromatic carbocycles. The zero-order valence-electron chi connectivity index (χ0n) is 10.2. The van der Waals surface area contributed by atoms with Crippen LogP contribution < -0.4 is 0 Å². The van der Waals surface area contributed by atoms with Gasteiger partial charge in [0.1, 0.15) is 0 Å². The van der Waals surface area contributed by atoms with E-state index in [9.17, 15) is 0 Å². The molecule has 2 atom stereocenters. The maximum absolute atomic E-state index is 5.83. The van der Waals surface area contributed by atoms with Crippen LogP contribution in [0.25, 0.3) is 0 Å². The van der Waals surface area contributed by atoms with Crippen LogP contribution in [0.5, 0.6) is 0 Å². The fourth-order valence-electron chi connectivity index (χ4n) is 2.95. The minimum absolute atomic E-state index is 0.297. The molecule has 0 aromatic heterocycles. The smallest absolute Gasteiger partial charge is 0.0716 e. The van der Waals surface area contributed by atoms with Crippen LogP contribution >= 0.6 is 0 Å². The molecule has 0 aromatic rings. The average Bonchev–Trinajstić information content (AvgIpc) is 2.70. The first kappa shape index (κ1) is 11.4. The van der Waals surface area contributed by atoms with E-state index in [1.54, 1.807) is 0 Å². The molecule has 0 saturated carbocycles. The Morgan fingerprint density at radius 2 is 2.27 bits per heavy atom. The van der Waals surface area contributed by atoms with Gasteiger partial charge in [0.05, 0.1) is 18.8 Å². The van der Waals surface area contributed by atoms with Crippen molar-refractivity contribution in [3.05, 3.63) is 0 Å². The Kier molecular flexibility index (Phi) is 3.33. The first-order valence-electron chi connectivity index (χ1n) is 6.06.